The lowest BCUT2D eigenvalue weighted by Crippen LogP contribution is -2.03. The summed E-state index contributed by atoms with van der Waals surface area (Å²) in [4.78, 5) is 8.67. The number of furan rings is 1. The van der Waals surface area contributed by atoms with Crippen molar-refractivity contribution >= 4 is 11.8 Å². The smallest absolute Gasteiger partial charge is 0.237 e. The van der Waals surface area contributed by atoms with Gasteiger partial charge in [0.2, 0.25) is 11.7 Å². The van der Waals surface area contributed by atoms with Crippen molar-refractivity contribution in [2.45, 2.75) is 17.5 Å². The zero-order valence-corrected chi connectivity index (χ0v) is 16.6. The first-order valence-corrected chi connectivity index (χ1v) is 10.2. The van der Waals surface area contributed by atoms with E-state index in [1.54, 1.807) is 18.7 Å². The van der Waals surface area contributed by atoms with Crippen LogP contribution in [0, 0.1) is 0 Å². The van der Waals surface area contributed by atoms with E-state index in [4.69, 9.17) is 8.94 Å². The van der Waals surface area contributed by atoms with Gasteiger partial charge < -0.3 is 8.94 Å². The minimum atomic E-state index is 0.475. The Kier molecular flexibility index (Phi) is 5.09. The summed E-state index contributed by atoms with van der Waals surface area (Å²) in [6.07, 6.45) is 5.15. The van der Waals surface area contributed by atoms with Crippen molar-refractivity contribution in [2.24, 2.45) is 0 Å². The molecule has 0 radical (unpaired) electrons. The lowest BCUT2D eigenvalue weighted by Gasteiger charge is -2.08. The molecule has 0 saturated carbocycles. The van der Waals surface area contributed by atoms with Gasteiger partial charge in [0.05, 0.1) is 18.6 Å². The Hall–Kier alpha value is -3.72. The van der Waals surface area contributed by atoms with Crippen molar-refractivity contribution < 1.29 is 8.94 Å². The third-order valence-electron chi connectivity index (χ3n) is 4.36. The van der Waals surface area contributed by atoms with Gasteiger partial charge in [0.1, 0.15) is 5.76 Å². The Morgan fingerprint density at radius 3 is 2.63 bits per heavy atom. The second-order valence-electron chi connectivity index (χ2n) is 6.38. The average Bonchev–Trinajstić information content (AvgIpc) is 3.56. The Balaban J connectivity index is 1.39. The monoisotopic (exact) mass is 416 g/mol. The number of thioether (sulfide) groups is 1. The molecule has 0 amide bonds. The highest BCUT2D eigenvalue weighted by atomic mass is 32.2. The van der Waals surface area contributed by atoms with Crippen molar-refractivity contribution in [3.8, 4) is 22.8 Å². The van der Waals surface area contributed by atoms with Gasteiger partial charge in [-0.2, -0.15) is 4.98 Å². The summed E-state index contributed by atoms with van der Waals surface area (Å²) in [6, 6.07) is 17.3. The van der Waals surface area contributed by atoms with Crippen LogP contribution in [-0.2, 0) is 12.3 Å². The van der Waals surface area contributed by atoms with Crippen LogP contribution in [-0.4, -0.2) is 29.9 Å². The standard InChI is InChI=1S/C21H16N6O2S/c1-2-6-15(7-3-1)19-23-18(29-26-19)14-30-21-25-24-20(16-8-4-10-22-12-16)27(21)13-17-9-5-11-28-17/h1-12H,13-14H2. The molecule has 0 spiro atoms. The predicted octanol–water partition coefficient (Wildman–Crippen LogP) is 4.32. The summed E-state index contributed by atoms with van der Waals surface area (Å²) in [5, 5.41) is 13.5. The van der Waals surface area contributed by atoms with Gasteiger partial charge in [-0.3, -0.25) is 9.55 Å². The second kappa shape index (κ2) is 8.34. The zero-order chi connectivity index (χ0) is 20.2. The van der Waals surface area contributed by atoms with Crippen molar-refractivity contribution in [3.05, 3.63) is 84.9 Å². The topological polar surface area (TPSA) is 95.7 Å². The molecule has 9 heteroatoms. The molecule has 30 heavy (non-hydrogen) atoms. The first-order valence-electron chi connectivity index (χ1n) is 9.23. The molecule has 5 rings (SSSR count). The normalized spacial score (nSPS) is 11.1. The molecule has 0 bridgehead atoms. The van der Waals surface area contributed by atoms with Gasteiger partial charge in [0.25, 0.3) is 0 Å². The number of rotatable bonds is 7. The van der Waals surface area contributed by atoms with E-state index in [1.165, 1.54) is 11.8 Å². The third kappa shape index (κ3) is 3.87. The molecule has 5 aromatic rings. The molecule has 0 aliphatic carbocycles. The second-order valence-corrected chi connectivity index (χ2v) is 7.32. The quantitative estimate of drug-likeness (QED) is 0.362. The fraction of sp³-hybridized carbons (Fsp3) is 0.0952. The lowest BCUT2D eigenvalue weighted by atomic mass is 10.2. The van der Waals surface area contributed by atoms with E-state index < -0.39 is 0 Å². The highest BCUT2D eigenvalue weighted by Crippen LogP contribution is 2.27. The van der Waals surface area contributed by atoms with Crippen LogP contribution >= 0.6 is 11.8 Å². The van der Waals surface area contributed by atoms with E-state index >= 15 is 0 Å². The molecule has 0 atom stereocenters. The summed E-state index contributed by atoms with van der Waals surface area (Å²) in [5.41, 5.74) is 1.80. The molecule has 8 nitrogen and oxygen atoms in total. The van der Waals surface area contributed by atoms with Gasteiger partial charge in [-0.05, 0) is 24.3 Å². The van der Waals surface area contributed by atoms with Crippen LogP contribution in [0.4, 0.5) is 0 Å². The first-order chi connectivity index (χ1) is 14.9. The summed E-state index contributed by atoms with van der Waals surface area (Å²) >= 11 is 1.48. The van der Waals surface area contributed by atoms with Crippen LogP contribution in [0.2, 0.25) is 0 Å². The van der Waals surface area contributed by atoms with Gasteiger partial charge in [-0.25, -0.2) is 0 Å². The Morgan fingerprint density at radius 2 is 1.83 bits per heavy atom. The number of benzene rings is 1. The molecule has 4 heterocycles. The molecule has 1 aromatic carbocycles. The van der Waals surface area contributed by atoms with E-state index in [-0.39, 0.29) is 0 Å². The molecular formula is C21H16N6O2S. The summed E-state index contributed by atoms with van der Waals surface area (Å²) in [5.74, 6) is 3.10. The minimum absolute atomic E-state index is 0.475. The fourth-order valence-corrected chi connectivity index (χ4v) is 3.72. The Morgan fingerprint density at radius 1 is 0.933 bits per heavy atom. The van der Waals surface area contributed by atoms with E-state index in [2.05, 4.69) is 25.3 Å². The molecule has 0 fully saturated rings. The van der Waals surface area contributed by atoms with Gasteiger partial charge in [0, 0.05) is 23.5 Å². The molecule has 148 valence electrons. The van der Waals surface area contributed by atoms with Gasteiger partial charge in [-0.1, -0.05) is 47.3 Å². The Labute approximate surface area is 176 Å². The average molecular weight is 416 g/mol. The maximum Gasteiger partial charge on any atom is 0.237 e. The van der Waals surface area contributed by atoms with Crippen LogP contribution in [0.15, 0.2) is 87.4 Å². The van der Waals surface area contributed by atoms with Crippen LogP contribution in [0.3, 0.4) is 0 Å². The number of pyridine rings is 1. The van der Waals surface area contributed by atoms with Crippen molar-refractivity contribution in [1.82, 2.24) is 29.9 Å². The highest BCUT2D eigenvalue weighted by Gasteiger charge is 2.17. The van der Waals surface area contributed by atoms with Gasteiger partial charge in [-0.15, -0.1) is 10.2 Å². The van der Waals surface area contributed by atoms with E-state index in [9.17, 15) is 0 Å². The predicted molar refractivity (Wildman–Crippen MR) is 110 cm³/mol. The van der Waals surface area contributed by atoms with E-state index in [0.29, 0.717) is 24.0 Å². The molecule has 0 N–H and O–H groups in total. The summed E-state index contributed by atoms with van der Waals surface area (Å²) < 4.78 is 12.9. The lowest BCUT2D eigenvalue weighted by molar-refractivity contribution is 0.391. The SMILES string of the molecule is c1ccc(-c2noc(CSc3nnc(-c4cccnc4)n3Cc3ccco3)n2)cc1. The maximum atomic E-state index is 5.53. The molecule has 0 unspecified atom stereocenters. The van der Waals surface area contributed by atoms with Crippen molar-refractivity contribution in [2.75, 3.05) is 0 Å². The Bertz CT molecular complexity index is 1220. The molecule has 0 aliphatic rings. The summed E-state index contributed by atoms with van der Waals surface area (Å²) in [6.45, 7) is 0.506. The van der Waals surface area contributed by atoms with Crippen molar-refractivity contribution in [1.29, 1.82) is 0 Å². The number of hydrogen-bond acceptors (Lipinski definition) is 8. The number of aromatic nitrogens is 6. The van der Waals surface area contributed by atoms with Crippen molar-refractivity contribution in [3.63, 3.8) is 0 Å². The molecule has 0 saturated heterocycles. The van der Waals surface area contributed by atoms with Gasteiger partial charge in [0.15, 0.2) is 11.0 Å². The van der Waals surface area contributed by atoms with Gasteiger partial charge >= 0.3 is 0 Å². The molecular weight excluding hydrogens is 400 g/mol. The van der Waals surface area contributed by atoms with Crippen LogP contribution in [0.25, 0.3) is 22.8 Å². The highest BCUT2D eigenvalue weighted by molar-refractivity contribution is 7.98. The maximum absolute atomic E-state index is 5.53. The number of hydrogen-bond donors (Lipinski definition) is 0. The largest absolute Gasteiger partial charge is 0.467 e. The molecule has 4 aromatic heterocycles. The fourth-order valence-electron chi connectivity index (χ4n) is 2.95. The van der Waals surface area contributed by atoms with Crippen LogP contribution in [0.5, 0.6) is 0 Å². The number of nitrogens with zero attached hydrogens (tertiary/aromatic N) is 6. The van der Waals surface area contributed by atoms with E-state index in [1.807, 2.05) is 59.2 Å². The minimum Gasteiger partial charge on any atom is -0.467 e. The van der Waals surface area contributed by atoms with Crippen LogP contribution in [0.1, 0.15) is 11.7 Å². The molecule has 0 aliphatic heterocycles. The van der Waals surface area contributed by atoms with Crippen LogP contribution < -0.4 is 0 Å². The zero-order valence-electron chi connectivity index (χ0n) is 15.8. The summed E-state index contributed by atoms with van der Waals surface area (Å²) in [7, 11) is 0. The van der Waals surface area contributed by atoms with E-state index in [0.717, 1.165) is 27.9 Å². The first kappa shape index (κ1) is 18.3. The third-order valence-corrected chi connectivity index (χ3v) is 5.31.